The maximum absolute atomic E-state index is 12.6. The molecule has 0 bridgehead atoms. The van der Waals surface area contributed by atoms with Gasteiger partial charge < -0.3 is 15.1 Å². The first kappa shape index (κ1) is 20.4. The zero-order valence-electron chi connectivity index (χ0n) is 15.2. The first-order chi connectivity index (χ1) is 12.0. The first-order valence-electron chi connectivity index (χ1n) is 9.08. The summed E-state index contributed by atoms with van der Waals surface area (Å²) >= 11 is 2.94. The minimum absolute atomic E-state index is 0.0655. The summed E-state index contributed by atoms with van der Waals surface area (Å²) in [6, 6.07) is 9.45. The minimum Gasteiger partial charge on any atom is -0.480 e. The van der Waals surface area contributed by atoms with E-state index in [9.17, 15) is 15.0 Å². The summed E-state index contributed by atoms with van der Waals surface area (Å²) in [6.45, 7) is 1.73. The molecule has 2 fully saturated rings. The predicted octanol–water partition coefficient (Wildman–Crippen LogP) is 3.67. The fourth-order valence-electron chi connectivity index (χ4n) is 4.96. The molecule has 1 saturated carbocycles. The number of aliphatic hydroxyl groups is 1. The molecule has 1 aromatic carbocycles. The summed E-state index contributed by atoms with van der Waals surface area (Å²) < 4.78 is 0. The van der Waals surface area contributed by atoms with Crippen LogP contribution in [-0.2, 0) is 10.2 Å². The SMILES string of the molecule is CBr.CN1CCCC(C(C(=O)O)(c2ccccc2)C2(O)CCCC2)C1. The van der Waals surface area contributed by atoms with Crippen LogP contribution in [-0.4, -0.2) is 52.7 Å². The van der Waals surface area contributed by atoms with Crippen LogP contribution in [0.4, 0.5) is 0 Å². The Hall–Kier alpha value is -0.910. The zero-order valence-corrected chi connectivity index (χ0v) is 16.8. The summed E-state index contributed by atoms with van der Waals surface area (Å²) in [5.41, 5.74) is -1.60. The number of aliphatic carboxylic acids is 1. The van der Waals surface area contributed by atoms with Gasteiger partial charge >= 0.3 is 5.97 Å². The maximum Gasteiger partial charge on any atom is 0.317 e. The molecule has 5 heteroatoms. The quantitative estimate of drug-likeness (QED) is 0.741. The number of likely N-dealkylation sites (tertiary alicyclic amines) is 1. The second-order valence-corrected chi connectivity index (χ2v) is 7.32. The monoisotopic (exact) mass is 411 g/mol. The van der Waals surface area contributed by atoms with Crippen LogP contribution < -0.4 is 0 Å². The Morgan fingerprint density at radius 2 is 1.80 bits per heavy atom. The van der Waals surface area contributed by atoms with Gasteiger partial charge in [0.05, 0.1) is 5.60 Å². The number of carboxylic acids is 1. The number of hydrogen-bond acceptors (Lipinski definition) is 3. The molecular formula is C20H30BrNO3. The standard InChI is InChI=1S/C19H27NO3.CH3Br/c1-20-13-7-10-16(14-20)19(17(21)22,15-8-3-2-4-9-15)18(23)11-5-6-12-18;1-2/h2-4,8-9,16,23H,5-7,10-14H2,1H3,(H,21,22);1H3. The lowest BCUT2D eigenvalue weighted by Crippen LogP contribution is -2.62. The van der Waals surface area contributed by atoms with E-state index in [-0.39, 0.29) is 5.92 Å². The van der Waals surface area contributed by atoms with Crippen molar-refractivity contribution in [2.45, 2.75) is 49.5 Å². The average molecular weight is 412 g/mol. The Kier molecular flexibility index (Phi) is 7.06. The van der Waals surface area contributed by atoms with Gasteiger partial charge in [-0.3, -0.25) is 4.79 Å². The summed E-state index contributed by atoms with van der Waals surface area (Å²) in [6.07, 6.45) is 4.80. The van der Waals surface area contributed by atoms with E-state index >= 15 is 0 Å². The molecule has 140 valence electrons. The van der Waals surface area contributed by atoms with Crippen molar-refractivity contribution in [2.75, 3.05) is 26.0 Å². The van der Waals surface area contributed by atoms with Crippen molar-refractivity contribution in [3.8, 4) is 0 Å². The Morgan fingerprint density at radius 3 is 2.32 bits per heavy atom. The lowest BCUT2D eigenvalue weighted by molar-refractivity contribution is -0.165. The number of nitrogens with zero attached hydrogens (tertiary/aromatic N) is 1. The number of hydrogen-bond donors (Lipinski definition) is 2. The smallest absolute Gasteiger partial charge is 0.317 e. The molecule has 0 aromatic heterocycles. The Labute approximate surface area is 159 Å². The molecule has 2 N–H and O–H groups in total. The van der Waals surface area contributed by atoms with Gasteiger partial charge in [-0.1, -0.05) is 59.1 Å². The molecule has 0 amide bonds. The number of halogens is 1. The van der Waals surface area contributed by atoms with Gasteiger partial charge in [0.1, 0.15) is 5.41 Å². The minimum atomic E-state index is -1.21. The molecule has 1 aliphatic heterocycles. The van der Waals surface area contributed by atoms with Crippen LogP contribution in [0.5, 0.6) is 0 Å². The van der Waals surface area contributed by atoms with E-state index < -0.39 is 17.0 Å². The predicted molar refractivity (Wildman–Crippen MR) is 104 cm³/mol. The van der Waals surface area contributed by atoms with Gasteiger partial charge in [-0.15, -0.1) is 0 Å². The number of piperidine rings is 1. The molecule has 1 heterocycles. The van der Waals surface area contributed by atoms with Crippen molar-refractivity contribution >= 4 is 21.9 Å². The fourth-order valence-corrected chi connectivity index (χ4v) is 4.96. The number of alkyl halides is 1. The van der Waals surface area contributed by atoms with Crippen LogP contribution in [0.1, 0.15) is 44.1 Å². The van der Waals surface area contributed by atoms with E-state index in [4.69, 9.17) is 0 Å². The molecular weight excluding hydrogens is 382 g/mol. The zero-order chi connectivity index (χ0) is 18.5. The van der Waals surface area contributed by atoms with Crippen LogP contribution in [0.3, 0.4) is 0 Å². The highest BCUT2D eigenvalue weighted by Gasteiger charge is 2.62. The molecule has 2 aliphatic rings. The molecule has 1 aromatic rings. The average Bonchev–Trinajstić information content (AvgIpc) is 3.06. The maximum atomic E-state index is 12.6. The van der Waals surface area contributed by atoms with E-state index in [1.807, 2.05) is 43.2 Å². The Balaban J connectivity index is 0.00000109. The van der Waals surface area contributed by atoms with Crippen LogP contribution in [0.15, 0.2) is 30.3 Å². The largest absolute Gasteiger partial charge is 0.480 e. The molecule has 3 rings (SSSR count). The second-order valence-electron chi connectivity index (χ2n) is 7.32. The third-order valence-electron chi connectivity index (χ3n) is 5.97. The molecule has 0 spiro atoms. The Morgan fingerprint density at radius 1 is 1.20 bits per heavy atom. The van der Waals surface area contributed by atoms with Crippen LogP contribution in [0, 0.1) is 5.92 Å². The Bertz CT molecular complexity index is 559. The van der Waals surface area contributed by atoms with Crippen molar-refractivity contribution in [1.82, 2.24) is 4.90 Å². The van der Waals surface area contributed by atoms with Crippen LogP contribution in [0.25, 0.3) is 0 Å². The number of rotatable bonds is 4. The second kappa shape index (κ2) is 8.65. The lowest BCUT2D eigenvalue weighted by atomic mass is 9.57. The molecule has 0 radical (unpaired) electrons. The summed E-state index contributed by atoms with van der Waals surface area (Å²) in [5.74, 6) is 0.880. The number of carbonyl (C=O) groups is 1. The van der Waals surface area contributed by atoms with Gasteiger partial charge in [-0.25, -0.2) is 0 Å². The molecule has 1 saturated heterocycles. The highest BCUT2D eigenvalue weighted by Crippen LogP contribution is 2.52. The lowest BCUT2D eigenvalue weighted by Gasteiger charge is -2.50. The van der Waals surface area contributed by atoms with Crippen LogP contribution in [0.2, 0.25) is 0 Å². The third kappa shape index (κ3) is 3.64. The normalized spacial score (nSPS) is 25.5. The molecule has 4 nitrogen and oxygen atoms in total. The summed E-state index contributed by atoms with van der Waals surface area (Å²) in [5, 5.41) is 21.8. The van der Waals surface area contributed by atoms with E-state index in [0.717, 1.165) is 44.3 Å². The van der Waals surface area contributed by atoms with Gasteiger partial charge in [0, 0.05) is 6.54 Å². The van der Waals surface area contributed by atoms with Gasteiger partial charge in [0.2, 0.25) is 0 Å². The third-order valence-corrected chi connectivity index (χ3v) is 5.97. The molecule has 2 unspecified atom stereocenters. The summed E-state index contributed by atoms with van der Waals surface area (Å²) in [4.78, 5) is 14.8. The number of benzene rings is 1. The highest BCUT2D eigenvalue weighted by molar-refractivity contribution is 9.08. The van der Waals surface area contributed by atoms with Crippen molar-refractivity contribution in [2.24, 2.45) is 5.92 Å². The molecule has 1 aliphatic carbocycles. The van der Waals surface area contributed by atoms with E-state index in [1.165, 1.54) is 0 Å². The number of carboxylic acid groups (broad SMARTS) is 1. The van der Waals surface area contributed by atoms with Gasteiger partial charge in [0.15, 0.2) is 0 Å². The van der Waals surface area contributed by atoms with Crippen molar-refractivity contribution < 1.29 is 15.0 Å². The van der Waals surface area contributed by atoms with Crippen molar-refractivity contribution in [3.63, 3.8) is 0 Å². The van der Waals surface area contributed by atoms with Gasteiger partial charge in [-0.05, 0) is 56.6 Å². The van der Waals surface area contributed by atoms with Crippen molar-refractivity contribution in [3.05, 3.63) is 35.9 Å². The summed E-state index contributed by atoms with van der Waals surface area (Å²) in [7, 11) is 2.04. The topological polar surface area (TPSA) is 60.8 Å². The van der Waals surface area contributed by atoms with E-state index in [2.05, 4.69) is 20.8 Å². The van der Waals surface area contributed by atoms with Gasteiger partial charge in [0.25, 0.3) is 0 Å². The van der Waals surface area contributed by atoms with E-state index in [1.54, 1.807) is 0 Å². The highest BCUT2D eigenvalue weighted by atomic mass is 79.9. The fraction of sp³-hybridized carbons (Fsp3) is 0.650. The van der Waals surface area contributed by atoms with Gasteiger partial charge in [-0.2, -0.15) is 0 Å². The molecule has 2 atom stereocenters. The first-order valence-corrected chi connectivity index (χ1v) is 10.7. The van der Waals surface area contributed by atoms with Crippen molar-refractivity contribution in [1.29, 1.82) is 0 Å². The molecule has 25 heavy (non-hydrogen) atoms. The van der Waals surface area contributed by atoms with Crippen LogP contribution >= 0.6 is 15.9 Å². The van der Waals surface area contributed by atoms with E-state index in [0.29, 0.717) is 12.8 Å².